The summed E-state index contributed by atoms with van der Waals surface area (Å²) in [6, 6.07) is 13.2. The van der Waals surface area contributed by atoms with Gasteiger partial charge in [-0.15, -0.1) is 0 Å². The molecule has 0 aliphatic heterocycles. The van der Waals surface area contributed by atoms with Crippen molar-refractivity contribution in [2.45, 2.75) is 11.8 Å². The summed E-state index contributed by atoms with van der Waals surface area (Å²) in [5, 5.41) is 5.37. The molecule has 29 heavy (non-hydrogen) atoms. The summed E-state index contributed by atoms with van der Waals surface area (Å²) < 4.78 is 28.8. The number of benzene rings is 2. The van der Waals surface area contributed by atoms with Crippen LogP contribution in [0, 0.1) is 0 Å². The summed E-state index contributed by atoms with van der Waals surface area (Å²) in [6.45, 7) is 2.25. The highest BCUT2D eigenvalue weighted by atomic mass is 32.2. The molecule has 9 heteroatoms. The maximum atomic E-state index is 12.4. The normalized spacial score (nSPS) is 11.2. The molecule has 0 aliphatic carbocycles. The van der Waals surface area contributed by atoms with Gasteiger partial charge in [-0.2, -0.15) is 0 Å². The quantitative estimate of drug-likeness (QED) is 0.644. The zero-order valence-corrected chi connectivity index (χ0v) is 17.5. The summed E-state index contributed by atoms with van der Waals surface area (Å²) in [5.41, 5.74) is 0.814. The third-order valence-corrected chi connectivity index (χ3v) is 5.25. The molecule has 0 saturated carbocycles. The number of carbonyl (C=O) groups excluding carboxylic acids is 2. The number of rotatable bonds is 9. The van der Waals surface area contributed by atoms with Crippen molar-refractivity contribution >= 4 is 33.0 Å². The highest BCUT2D eigenvalue weighted by Gasteiger charge is 2.17. The number of methoxy groups -OCH3 is 1. The van der Waals surface area contributed by atoms with Gasteiger partial charge in [-0.1, -0.05) is 25.1 Å². The van der Waals surface area contributed by atoms with Gasteiger partial charge in [-0.3, -0.25) is 14.5 Å². The molecular formula is C20H25N3O5S. The maximum Gasteiger partial charge on any atom is 0.238 e. The van der Waals surface area contributed by atoms with Crippen molar-refractivity contribution in [2.24, 2.45) is 0 Å². The highest BCUT2D eigenvalue weighted by molar-refractivity contribution is 7.90. The molecule has 2 rings (SSSR count). The monoisotopic (exact) mass is 419 g/mol. The molecule has 0 aliphatic rings. The molecule has 2 aromatic carbocycles. The molecule has 0 radical (unpaired) electrons. The van der Waals surface area contributed by atoms with Crippen LogP contribution in [0.2, 0.25) is 0 Å². The van der Waals surface area contributed by atoms with Crippen LogP contribution in [0.5, 0.6) is 5.75 Å². The van der Waals surface area contributed by atoms with Gasteiger partial charge in [0.05, 0.1) is 30.8 Å². The minimum atomic E-state index is -3.48. The maximum absolute atomic E-state index is 12.4. The number of carbonyl (C=O) groups is 2. The van der Waals surface area contributed by atoms with E-state index in [0.29, 0.717) is 18.0 Å². The van der Waals surface area contributed by atoms with Crippen molar-refractivity contribution < 1.29 is 22.7 Å². The molecule has 0 saturated heterocycles. The molecule has 0 bridgehead atoms. The molecule has 156 valence electrons. The standard InChI is InChI=1S/C20H25N3O5S/c1-4-23(13-19(24)21-15-8-7-9-16(12-15)28-2)14-20(25)22-17-10-5-6-11-18(17)29(3,26)27/h5-12H,4,13-14H2,1-3H3,(H,21,24)(H,22,25). The lowest BCUT2D eigenvalue weighted by Gasteiger charge is -2.20. The van der Waals surface area contributed by atoms with E-state index >= 15 is 0 Å². The van der Waals surface area contributed by atoms with E-state index < -0.39 is 15.7 Å². The van der Waals surface area contributed by atoms with Gasteiger partial charge < -0.3 is 15.4 Å². The summed E-state index contributed by atoms with van der Waals surface area (Å²) in [4.78, 5) is 26.4. The summed E-state index contributed by atoms with van der Waals surface area (Å²) in [5.74, 6) is -0.0550. The first-order valence-corrected chi connectivity index (χ1v) is 10.9. The largest absolute Gasteiger partial charge is 0.497 e. The predicted octanol–water partition coefficient (Wildman–Crippen LogP) is 2.00. The lowest BCUT2D eigenvalue weighted by atomic mass is 10.3. The van der Waals surface area contributed by atoms with E-state index in [9.17, 15) is 18.0 Å². The number of hydrogen-bond donors (Lipinski definition) is 2. The number of nitrogens with one attached hydrogen (secondary N) is 2. The van der Waals surface area contributed by atoms with Gasteiger partial charge in [-0.05, 0) is 30.8 Å². The molecule has 0 fully saturated rings. The van der Waals surface area contributed by atoms with Crippen molar-refractivity contribution in [1.29, 1.82) is 0 Å². The summed E-state index contributed by atoms with van der Waals surface area (Å²) >= 11 is 0. The minimum Gasteiger partial charge on any atom is -0.497 e. The van der Waals surface area contributed by atoms with Gasteiger partial charge >= 0.3 is 0 Å². The molecule has 0 unspecified atom stereocenters. The Kier molecular flexibility index (Phi) is 7.74. The fourth-order valence-electron chi connectivity index (χ4n) is 2.67. The molecule has 2 aromatic rings. The average molecular weight is 420 g/mol. The van der Waals surface area contributed by atoms with Gasteiger partial charge in [0.25, 0.3) is 0 Å². The van der Waals surface area contributed by atoms with Crippen LogP contribution in [-0.4, -0.2) is 58.1 Å². The Balaban J connectivity index is 1.97. The van der Waals surface area contributed by atoms with Gasteiger partial charge in [-0.25, -0.2) is 8.42 Å². The Hall–Kier alpha value is -2.91. The number of hydrogen-bond acceptors (Lipinski definition) is 6. The van der Waals surface area contributed by atoms with Gasteiger partial charge in [0.1, 0.15) is 5.75 Å². The first-order chi connectivity index (χ1) is 13.7. The number of anilines is 2. The van der Waals surface area contributed by atoms with Crippen molar-refractivity contribution in [1.82, 2.24) is 4.90 Å². The topological polar surface area (TPSA) is 105 Å². The van der Waals surface area contributed by atoms with E-state index in [1.165, 1.54) is 12.1 Å². The Morgan fingerprint density at radius 1 is 1.00 bits per heavy atom. The third kappa shape index (κ3) is 6.88. The van der Waals surface area contributed by atoms with E-state index in [1.807, 2.05) is 6.92 Å². The number of likely N-dealkylation sites (N-methyl/N-ethyl adjacent to an activating group) is 1. The Morgan fingerprint density at radius 2 is 1.66 bits per heavy atom. The lowest BCUT2D eigenvalue weighted by molar-refractivity contribution is -0.119. The van der Waals surface area contributed by atoms with E-state index in [0.717, 1.165) is 6.26 Å². The van der Waals surface area contributed by atoms with Crippen LogP contribution in [0.15, 0.2) is 53.4 Å². The Bertz CT molecular complexity index is 976. The molecular weight excluding hydrogens is 394 g/mol. The van der Waals surface area contributed by atoms with E-state index in [1.54, 1.807) is 48.4 Å². The minimum absolute atomic E-state index is 0.00878. The van der Waals surface area contributed by atoms with Crippen LogP contribution >= 0.6 is 0 Å². The number of nitrogens with zero attached hydrogens (tertiary/aromatic N) is 1. The number of para-hydroxylation sites is 1. The first-order valence-electron chi connectivity index (χ1n) is 8.98. The van der Waals surface area contributed by atoms with Crippen LogP contribution in [-0.2, 0) is 19.4 Å². The third-order valence-electron chi connectivity index (χ3n) is 4.10. The predicted molar refractivity (Wildman–Crippen MR) is 112 cm³/mol. The fourth-order valence-corrected chi connectivity index (χ4v) is 3.51. The summed E-state index contributed by atoms with van der Waals surface area (Å²) in [6.07, 6.45) is 1.08. The smallest absolute Gasteiger partial charge is 0.238 e. The Morgan fingerprint density at radius 3 is 2.28 bits per heavy atom. The molecule has 0 aromatic heterocycles. The van der Waals surface area contributed by atoms with Crippen LogP contribution in [0.1, 0.15) is 6.92 Å². The number of amides is 2. The van der Waals surface area contributed by atoms with Crippen LogP contribution in [0.3, 0.4) is 0 Å². The second-order valence-electron chi connectivity index (χ2n) is 6.40. The van der Waals surface area contributed by atoms with Crippen molar-refractivity contribution in [3.05, 3.63) is 48.5 Å². The lowest BCUT2D eigenvalue weighted by Crippen LogP contribution is -2.38. The summed E-state index contributed by atoms with van der Waals surface area (Å²) in [7, 11) is -1.93. The molecule has 0 spiro atoms. The zero-order valence-electron chi connectivity index (χ0n) is 16.6. The first kappa shape index (κ1) is 22.4. The molecule has 8 nitrogen and oxygen atoms in total. The van der Waals surface area contributed by atoms with Crippen LogP contribution in [0.4, 0.5) is 11.4 Å². The zero-order chi connectivity index (χ0) is 21.4. The Labute approximate surface area is 170 Å². The molecule has 0 heterocycles. The molecule has 2 N–H and O–H groups in total. The second kappa shape index (κ2) is 10.0. The number of sulfone groups is 1. The van der Waals surface area contributed by atoms with Crippen LogP contribution in [0.25, 0.3) is 0 Å². The van der Waals surface area contributed by atoms with Crippen LogP contribution < -0.4 is 15.4 Å². The van der Waals surface area contributed by atoms with Crippen molar-refractivity contribution in [2.75, 3.05) is 43.6 Å². The average Bonchev–Trinajstić information content (AvgIpc) is 2.67. The fraction of sp³-hybridized carbons (Fsp3) is 0.300. The van der Waals surface area contributed by atoms with Gasteiger partial charge in [0, 0.05) is 18.0 Å². The molecule has 0 atom stereocenters. The molecule has 2 amide bonds. The van der Waals surface area contributed by atoms with Gasteiger partial charge in [0.2, 0.25) is 11.8 Å². The van der Waals surface area contributed by atoms with E-state index in [-0.39, 0.29) is 29.6 Å². The van der Waals surface area contributed by atoms with Gasteiger partial charge in [0.15, 0.2) is 9.84 Å². The highest BCUT2D eigenvalue weighted by Crippen LogP contribution is 2.20. The SMILES string of the molecule is CCN(CC(=O)Nc1cccc(OC)c1)CC(=O)Nc1ccccc1S(C)(=O)=O. The van der Waals surface area contributed by atoms with Crippen molar-refractivity contribution in [3.63, 3.8) is 0 Å². The van der Waals surface area contributed by atoms with E-state index in [2.05, 4.69) is 10.6 Å². The van der Waals surface area contributed by atoms with Crippen molar-refractivity contribution in [3.8, 4) is 5.75 Å². The van der Waals surface area contributed by atoms with E-state index in [4.69, 9.17) is 4.74 Å². The second-order valence-corrected chi connectivity index (χ2v) is 8.38. The number of ether oxygens (including phenoxy) is 1.